The minimum atomic E-state index is -0.162. The van der Waals surface area contributed by atoms with E-state index in [1.165, 1.54) is 11.6 Å². The molecule has 2 atom stereocenters. The molecular weight excluding hydrogens is 217 g/mol. The Morgan fingerprint density at radius 2 is 2.29 bits per heavy atom. The lowest BCUT2D eigenvalue weighted by Gasteiger charge is -2.29. The topological polar surface area (TPSA) is 12.5 Å². The molecule has 2 aliphatic heterocycles. The summed E-state index contributed by atoms with van der Waals surface area (Å²) in [5, 5.41) is 1.94. The van der Waals surface area contributed by atoms with Gasteiger partial charge in [0.2, 0.25) is 0 Å². The number of benzene rings is 1. The average Bonchev–Trinajstić information content (AvgIpc) is 2.55. The molecule has 2 bridgehead atoms. The molecule has 0 aromatic heterocycles. The van der Waals surface area contributed by atoms with E-state index >= 15 is 0 Å². The molecular formula is C14H16FNO. The van der Waals surface area contributed by atoms with E-state index in [0.29, 0.717) is 0 Å². The normalized spacial score (nSPS) is 25.7. The predicted octanol–water partition coefficient (Wildman–Crippen LogP) is 3.23. The zero-order valence-corrected chi connectivity index (χ0v) is 10.1. The second kappa shape index (κ2) is 3.84. The van der Waals surface area contributed by atoms with Crippen molar-refractivity contribution >= 4 is 5.69 Å². The molecule has 3 rings (SSSR count). The van der Waals surface area contributed by atoms with E-state index in [9.17, 15) is 4.39 Å². The highest BCUT2D eigenvalue weighted by atomic mass is 19.1. The summed E-state index contributed by atoms with van der Waals surface area (Å²) in [5.74, 6) is -0.162. The maximum absolute atomic E-state index is 13.2. The molecule has 0 radical (unpaired) electrons. The van der Waals surface area contributed by atoms with Gasteiger partial charge in [-0.1, -0.05) is 11.6 Å². The Bertz CT molecular complexity index is 479. The van der Waals surface area contributed by atoms with Crippen LogP contribution in [0.25, 0.3) is 0 Å². The summed E-state index contributed by atoms with van der Waals surface area (Å²) < 4.78 is 13.2. The molecule has 0 spiro atoms. The molecule has 1 aromatic rings. The Labute approximate surface area is 101 Å². The number of rotatable bonds is 1. The molecule has 0 amide bonds. The molecule has 17 heavy (non-hydrogen) atoms. The van der Waals surface area contributed by atoms with Crippen molar-refractivity contribution in [1.82, 2.24) is 0 Å². The SMILES string of the molecule is CC(C)=C[C@H]1C[C@@H]2Cc3cc(F)ccc3N1O2. The number of hydrogen-bond acceptors (Lipinski definition) is 2. The van der Waals surface area contributed by atoms with Crippen LogP contribution in [0, 0.1) is 5.82 Å². The molecule has 1 fully saturated rings. The van der Waals surface area contributed by atoms with Crippen molar-refractivity contribution in [2.75, 3.05) is 5.06 Å². The van der Waals surface area contributed by atoms with Crippen LogP contribution in [0.5, 0.6) is 0 Å². The highest BCUT2D eigenvalue weighted by Crippen LogP contribution is 2.38. The third kappa shape index (κ3) is 1.84. The number of anilines is 1. The largest absolute Gasteiger partial charge is 0.269 e. The summed E-state index contributed by atoms with van der Waals surface area (Å²) in [4.78, 5) is 5.84. The van der Waals surface area contributed by atoms with E-state index in [1.807, 2.05) is 11.1 Å². The number of allylic oxidation sites excluding steroid dienone is 1. The maximum atomic E-state index is 13.2. The zero-order valence-electron chi connectivity index (χ0n) is 10.1. The third-order valence-electron chi connectivity index (χ3n) is 3.32. The van der Waals surface area contributed by atoms with Gasteiger partial charge < -0.3 is 0 Å². The Hall–Kier alpha value is -1.35. The van der Waals surface area contributed by atoms with Gasteiger partial charge in [0.15, 0.2) is 0 Å². The number of nitrogens with zero attached hydrogens (tertiary/aromatic N) is 1. The second-order valence-electron chi connectivity index (χ2n) is 5.08. The molecule has 2 heterocycles. The Morgan fingerprint density at radius 1 is 1.47 bits per heavy atom. The summed E-state index contributed by atoms with van der Waals surface area (Å²) in [7, 11) is 0. The first-order valence-corrected chi connectivity index (χ1v) is 6.03. The highest BCUT2D eigenvalue weighted by Gasteiger charge is 2.38. The first kappa shape index (κ1) is 10.8. The fourth-order valence-corrected chi connectivity index (χ4v) is 2.70. The fraction of sp³-hybridized carbons (Fsp3) is 0.429. The molecule has 0 saturated carbocycles. The molecule has 1 aromatic carbocycles. The van der Waals surface area contributed by atoms with E-state index < -0.39 is 0 Å². The minimum Gasteiger partial charge on any atom is -0.269 e. The van der Waals surface area contributed by atoms with Crippen molar-refractivity contribution in [3.8, 4) is 0 Å². The molecule has 90 valence electrons. The van der Waals surface area contributed by atoms with Crippen LogP contribution in [0.15, 0.2) is 29.8 Å². The van der Waals surface area contributed by atoms with Crippen molar-refractivity contribution in [2.45, 2.75) is 38.8 Å². The lowest BCUT2D eigenvalue weighted by molar-refractivity contribution is 0.0751. The van der Waals surface area contributed by atoms with Crippen molar-refractivity contribution < 1.29 is 9.23 Å². The van der Waals surface area contributed by atoms with Gasteiger partial charge >= 0.3 is 0 Å². The van der Waals surface area contributed by atoms with E-state index in [4.69, 9.17) is 4.84 Å². The third-order valence-corrected chi connectivity index (χ3v) is 3.32. The molecule has 0 N–H and O–H groups in total. The van der Waals surface area contributed by atoms with Gasteiger partial charge in [0.25, 0.3) is 0 Å². The number of fused-ring (bicyclic) bond motifs is 4. The number of halogens is 1. The molecule has 3 heteroatoms. The Morgan fingerprint density at radius 3 is 3.06 bits per heavy atom. The zero-order chi connectivity index (χ0) is 12.0. The first-order chi connectivity index (χ1) is 8.13. The summed E-state index contributed by atoms with van der Waals surface area (Å²) in [6.07, 6.45) is 4.22. The van der Waals surface area contributed by atoms with E-state index in [2.05, 4.69) is 19.9 Å². The highest BCUT2D eigenvalue weighted by molar-refractivity contribution is 5.56. The summed E-state index contributed by atoms with van der Waals surface area (Å²) >= 11 is 0. The lowest BCUT2D eigenvalue weighted by atomic mass is 10.0. The van der Waals surface area contributed by atoms with Gasteiger partial charge in [0.1, 0.15) is 5.82 Å². The van der Waals surface area contributed by atoms with E-state index in [-0.39, 0.29) is 18.0 Å². The fourth-order valence-electron chi connectivity index (χ4n) is 2.70. The summed E-state index contributed by atoms with van der Waals surface area (Å²) in [6.45, 7) is 4.18. The van der Waals surface area contributed by atoms with E-state index in [0.717, 1.165) is 24.1 Å². The van der Waals surface area contributed by atoms with Crippen LogP contribution in [-0.4, -0.2) is 12.1 Å². The van der Waals surface area contributed by atoms with Gasteiger partial charge in [0.05, 0.1) is 17.8 Å². The molecule has 0 aliphatic carbocycles. The predicted molar refractivity (Wildman–Crippen MR) is 65.3 cm³/mol. The molecule has 1 saturated heterocycles. The Balaban J connectivity index is 2.00. The van der Waals surface area contributed by atoms with Crippen molar-refractivity contribution in [3.05, 3.63) is 41.2 Å². The van der Waals surface area contributed by atoms with Crippen LogP contribution in [0.1, 0.15) is 25.8 Å². The van der Waals surface area contributed by atoms with Gasteiger partial charge in [0, 0.05) is 12.8 Å². The number of hydroxylamine groups is 1. The van der Waals surface area contributed by atoms with Crippen molar-refractivity contribution in [2.24, 2.45) is 0 Å². The van der Waals surface area contributed by atoms with Gasteiger partial charge in [-0.05, 0) is 37.6 Å². The smallest absolute Gasteiger partial charge is 0.123 e. The Kier molecular flexibility index (Phi) is 2.44. The van der Waals surface area contributed by atoms with Gasteiger partial charge in [-0.3, -0.25) is 4.84 Å². The first-order valence-electron chi connectivity index (χ1n) is 6.03. The molecule has 2 nitrogen and oxygen atoms in total. The van der Waals surface area contributed by atoms with Gasteiger partial charge in [-0.15, -0.1) is 0 Å². The van der Waals surface area contributed by atoms with Crippen LogP contribution in [0.4, 0.5) is 10.1 Å². The minimum absolute atomic E-state index is 0.162. The van der Waals surface area contributed by atoms with Gasteiger partial charge in [-0.2, -0.15) is 0 Å². The quantitative estimate of drug-likeness (QED) is 0.690. The van der Waals surface area contributed by atoms with Crippen molar-refractivity contribution in [3.63, 3.8) is 0 Å². The molecule has 0 unspecified atom stereocenters. The van der Waals surface area contributed by atoms with Gasteiger partial charge in [-0.25, -0.2) is 9.45 Å². The average molecular weight is 233 g/mol. The monoisotopic (exact) mass is 233 g/mol. The van der Waals surface area contributed by atoms with Crippen LogP contribution in [0.2, 0.25) is 0 Å². The number of hydrogen-bond donors (Lipinski definition) is 0. The van der Waals surface area contributed by atoms with Crippen LogP contribution in [0.3, 0.4) is 0 Å². The van der Waals surface area contributed by atoms with Crippen LogP contribution >= 0.6 is 0 Å². The lowest BCUT2D eigenvalue weighted by Crippen LogP contribution is -2.30. The summed E-state index contributed by atoms with van der Waals surface area (Å²) in [5.41, 5.74) is 3.36. The molecule has 2 aliphatic rings. The van der Waals surface area contributed by atoms with E-state index in [1.54, 1.807) is 6.07 Å². The summed E-state index contributed by atoms with van der Waals surface area (Å²) in [6, 6.07) is 5.23. The maximum Gasteiger partial charge on any atom is 0.123 e. The van der Waals surface area contributed by atoms with Crippen LogP contribution < -0.4 is 5.06 Å². The van der Waals surface area contributed by atoms with Crippen LogP contribution in [-0.2, 0) is 11.3 Å². The van der Waals surface area contributed by atoms with Crippen molar-refractivity contribution in [1.29, 1.82) is 0 Å². The standard InChI is InChI=1S/C14H16FNO/c1-9(2)5-12-8-13-7-10-6-11(15)3-4-14(10)16(12)17-13/h3-6,12-13H,7-8H2,1-2H3/t12-,13-/m0/s1. The second-order valence-corrected chi connectivity index (χ2v) is 5.08.